The smallest absolute Gasteiger partial charge is 0.0327 e. The summed E-state index contributed by atoms with van der Waals surface area (Å²) in [6, 6.07) is 35.6. The summed E-state index contributed by atoms with van der Waals surface area (Å²) in [6.45, 7) is 0. The molecule has 122 valence electrons. The molecule has 0 heterocycles. The normalized spacial score (nSPS) is 10.3. The summed E-state index contributed by atoms with van der Waals surface area (Å²) in [5, 5.41) is 0. The molecule has 0 aromatic heterocycles. The molecule has 0 saturated heterocycles. The van der Waals surface area contributed by atoms with E-state index in [9.17, 15) is 0 Å². The molecule has 4 aromatic carbocycles. The second kappa shape index (κ2) is 7.13. The number of terminal acetylenes is 1. The zero-order chi connectivity index (χ0) is 17.8. The minimum atomic E-state index is 0.917. The molecule has 0 aliphatic heterocycles. The Balaban J connectivity index is 1.83. The van der Waals surface area contributed by atoms with Gasteiger partial charge in [-0.15, -0.1) is 6.42 Å². The molecular weight excluding hydrogens is 312 g/mol. The molecule has 26 heavy (non-hydrogen) atoms. The standard InChI is InChI=1S/C26H18/c1-2-20-14-9-15-25(26(20)24-12-7-4-8-13-24)23-18-16-22(17-19-23)21-10-5-3-6-11-21/h1,3-19H. The van der Waals surface area contributed by atoms with Gasteiger partial charge in [0.1, 0.15) is 0 Å². The summed E-state index contributed by atoms with van der Waals surface area (Å²) >= 11 is 0. The van der Waals surface area contributed by atoms with Crippen LogP contribution in [0.25, 0.3) is 33.4 Å². The molecule has 0 aliphatic carbocycles. The summed E-state index contributed by atoms with van der Waals surface area (Å²) in [4.78, 5) is 0. The van der Waals surface area contributed by atoms with Gasteiger partial charge in [-0.3, -0.25) is 0 Å². The van der Waals surface area contributed by atoms with Crippen LogP contribution < -0.4 is 0 Å². The molecule has 0 aliphatic rings. The van der Waals surface area contributed by atoms with Crippen LogP contribution in [0, 0.1) is 12.3 Å². The molecule has 4 rings (SSSR count). The van der Waals surface area contributed by atoms with Crippen molar-refractivity contribution in [2.24, 2.45) is 0 Å². The van der Waals surface area contributed by atoms with Gasteiger partial charge in [0.05, 0.1) is 0 Å². The van der Waals surface area contributed by atoms with Crippen LogP contribution in [0.1, 0.15) is 5.56 Å². The lowest BCUT2D eigenvalue weighted by atomic mass is 9.90. The van der Waals surface area contributed by atoms with Gasteiger partial charge in [0.25, 0.3) is 0 Å². The largest absolute Gasteiger partial charge is 0.115 e. The fraction of sp³-hybridized carbons (Fsp3) is 0. The lowest BCUT2D eigenvalue weighted by Gasteiger charge is -2.13. The lowest BCUT2D eigenvalue weighted by molar-refractivity contribution is 1.55. The van der Waals surface area contributed by atoms with Gasteiger partial charge in [0, 0.05) is 11.1 Å². The fourth-order valence-corrected chi connectivity index (χ4v) is 3.30. The summed E-state index contributed by atoms with van der Waals surface area (Å²) in [7, 11) is 0. The van der Waals surface area contributed by atoms with E-state index in [4.69, 9.17) is 6.42 Å². The highest BCUT2D eigenvalue weighted by atomic mass is 14.1. The average Bonchev–Trinajstić information content (AvgIpc) is 2.74. The molecule has 0 nitrogen and oxygen atoms in total. The molecule has 0 unspecified atom stereocenters. The number of hydrogen-bond donors (Lipinski definition) is 0. The van der Waals surface area contributed by atoms with E-state index in [1.54, 1.807) is 0 Å². The first kappa shape index (κ1) is 15.9. The van der Waals surface area contributed by atoms with Crippen LogP contribution in [0.2, 0.25) is 0 Å². The van der Waals surface area contributed by atoms with E-state index in [2.05, 4.69) is 72.7 Å². The Labute approximate surface area is 154 Å². The summed E-state index contributed by atoms with van der Waals surface area (Å²) in [6.07, 6.45) is 5.79. The second-order valence-electron chi connectivity index (χ2n) is 6.18. The van der Waals surface area contributed by atoms with Crippen molar-refractivity contribution in [2.75, 3.05) is 0 Å². The summed E-state index contributed by atoms with van der Waals surface area (Å²) in [5.74, 6) is 2.84. The molecular formula is C26H18. The first-order valence-electron chi connectivity index (χ1n) is 8.68. The van der Waals surface area contributed by atoms with Crippen molar-refractivity contribution in [2.45, 2.75) is 0 Å². The zero-order valence-electron chi connectivity index (χ0n) is 14.4. The third-order valence-corrected chi connectivity index (χ3v) is 4.59. The van der Waals surface area contributed by atoms with Crippen LogP contribution >= 0.6 is 0 Å². The van der Waals surface area contributed by atoms with Crippen molar-refractivity contribution in [3.63, 3.8) is 0 Å². The minimum Gasteiger partial charge on any atom is -0.115 e. The maximum absolute atomic E-state index is 5.79. The molecule has 0 N–H and O–H groups in total. The molecule has 0 bridgehead atoms. The highest BCUT2D eigenvalue weighted by Gasteiger charge is 2.11. The van der Waals surface area contributed by atoms with Crippen molar-refractivity contribution in [3.05, 3.63) is 109 Å². The first-order valence-corrected chi connectivity index (χ1v) is 8.68. The predicted molar refractivity (Wildman–Crippen MR) is 111 cm³/mol. The number of rotatable bonds is 3. The highest BCUT2D eigenvalue weighted by Crippen LogP contribution is 2.35. The van der Waals surface area contributed by atoms with Gasteiger partial charge in [-0.1, -0.05) is 103 Å². The van der Waals surface area contributed by atoms with E-state index in [0.717, 1.165) is 22.3 Å². The van der Waals surface area contributed by atoms with Crippen LogP contribution in [0.15, 0.2) is 103 Å². The van der Waals surface area contributed by atoms with Crippen LogP contribution in [0.4, 0.5) is 0 Å². The lowest BCUT2D eigenvalue weighted by Crippen LogP contribution is -1.90. The van der Waals surface area contributed by atoms with Gasteiger partial charge in [-0.05, 0) is 33.9 Å². The zero-order valence-corrected chi connectivity index (χ0v) is 14.4. The topological polar surface area (TPSA) is 0 Å². The SMILES string of the molecule is C#Cc1cccc(-c2ccc(-c3ccccc3)cc2)c1-c1ccccc1. The monoisotopic (exact) mass is 330 g/mol. The molecule has 0 fully saturated rings. The maximum atomic E-state index is 5.79. The van der Waals surface area contributed by atoms with Gasteiger partial charge in [-0.2, -0.15) is 0 Å². The Morgan fingerprint density at radius 1 is 0.462 bits per heavy atom. The molecule has 0 amide bonds. The third kappa shape index (κ3) is 3.04. The quantitative estimate of drug-likeness (QED) is 0.368. The second-order valence-corrected chi connectivity index (χ2v) is 6.18. The van der Waals surface area contributed by atoms with E-state index in [1.165, 1.54) is 16.7 Å². The molecule has 0 heteroatoms. The Kier molecular flexibility index (Phi) is 4.37. The van der Waals surface area contributed by atoms with Gasteiger partial charge >= 0.3 is 0 Å². The van der Waals surface area contributed by atoms with Gasteiger partial charge in [-0.25, -0.2) is 0 Å². The highest BCUT2D eigenvalue weighted by molar-refractivity contribution is 5.88. The van der Waals surface area contributed by atoms with E-state index in [1.807, 2.05) is 36.4 Å². The maximum Gasteiger partial charge on any atom is 0.0327 e. The van der Waals surface area contributed by atoms with E-state index in [0.29, 0.717) is 0 Å². The van der Waals surface area contributed by atoms with Crippen molar-refractivity contribution < 1.29 is 0 Å². The predicted octanol–water partition coefficient (Wildman–Crippen LogP) is 6.67. The van der Waals surface area contributed by atoms with Crippen LogP contribution in [0.3, 0.4) is 0 Å². The van der Waals surface area contributed by atoms with Crippen molar-refractivity contribution in [1.82, 2.24) is 0 Å². The van der Waals surface area contributed by atoms with Crippen LogP contribution in [0.5, 0.6) is 0 Å². The molecule has 0 atom stereocenters. The van der Waals surface area contributed by atoms with Gasteiger partial charge in [0.15, 0.2) is 0 Å². The van der Waals surface area contributed by atoms with Crippen molar-refractivity contribution in [1.29, 1.82) is 0 Å². The fourth-order valence-electron chi connectivity index (χ4n) is 3.30. The summed E-state index contributed by atoms with van der Waals surface area (Å²) < 4.78 is 0. The molecule has 4 aromatic rings. The van der Waals surface area contributed by atoms with E-state index >= 15 is 0 Å². The van der Waals surface area contributed by atoms with Crippen LogP contribution in [-0.2, 0) is 0 Å². The Hall–Kier alpha value is -3.56. The number of hydrogen-bond acceptors (Lipinski definition) is 0. The Bertz CT molecular complexity index is 1050. The Morgan fingerprint density at radius 3 is 1.62 bits per heavy atom. The summed E-state index contributed by atoms with van der Waals surface area (Å²) in [5.41, 5.74) is 7.93. The van der Waals surface area contributed by atoms with Crippen molar-refractivity contribution >= 4 is 0 Å². The average molecular weight is 330 g/mol. The number of benzene rings is 4. The van der Waals surface area contributed by atoms with E-state index < -0.39 is 0 Å². The van der Waals surface area contributed by atoms with Gasteiger partial charge in [0.2, 0.25) is 0 Å². The molecule has 0 radical (unpaired) electrons. The molecule has 0 saturated carbocycles. The minimum absolute atomic E-state index is 0.917. The van der Waals surface area contributed by atoms with E-state index in [-0.39, 0.29) is 0 Å². The Morgan fingerprint density at radius 2 is 1.00 bits per heavy atom. The van der Waals surface area contributed by atoms with Crippen molar-refractivity contribution in [3.8, 4) is 45.7 Å². The molecule has 0 spiro atoms. The van der Waals surface area contributed by atoms with Crippen LogP contribution in [-0.4, -0.2) is 0 Å². The first-order chi connectivity index (χ1) is 12.9. The third-order valence-electron chi connectivity index (χ3n) is 4.59. The van der Waals surface area contributed by atoms with Gasteiger partial charge < -0.3 is 0 Å².